The fraction of sp³-hybridized carbons (Fsp3) is 0.105. The van der Waals surface area contributed by atoms with Gasteiger partial charge in [0, 0.05) is 11.1 Å². The summed E-state index contributed by atoms with van der Waals surface area (Å²) in [4.78, 5) is 20.9. The average molecular weight is 381 g/mol. The molecule has 4 rings (SSSR count). The number of anilines is 2. The topological polar surface area (TPSA) is 64.1 Å². The average Bonchev–Trinajstić information content (AvgIpc) is 3.30. The van der Waals surface area contributed by atoms with Gasteiger partial charge in [-0.05, 0) is 37.3 Å². The Morgan fingerprint density at radius 3 is 2.85 bits per heavy atom. The van der Waals surface area contributed by atoms with Crippen molar-refractivity contribution in [3.63, 3.8) is 0 Å². The molecule has 0 aliphatic carbocycles. The molecule has 4 aromatic rings. The smallest absolute Gasteiger partial charge is 0.338 e. The number of esters is 1. The third kappa shape index (κ3) is 3.74. The van der Waals surface area contributed by atoms with Crippen molar-refractivity contribution in [2.45, 2.75) is 13.5 Å². The van der Waals surface area contributed by atoms with E-state index < -0.39 is 0 Å². The van der Waals surface area contributed by atoms with Crippen molar-refractivity contribution < 1.29 is 9.53 Å². The van der Waals surface area contributed by atoms with E-state index in [0.717, 1.165) is 26.7 Å². The summed E-state index contributed by atoms with van der Waals surface area (Å²) in [5.41, 5.74) is 6.08. The Morgan fingerprint density at radius 2 is 2.00 bits per heavy atom. The highest BCUT2D eigenvalue weighted by molar-refractivity contribution is 7.16. The van der Waals surface area contributed by atoms with E-state index in [1.165, 1.54) is 28.2 Å². The summed E-state index contributed by atoms with van der Waals surface area (Å²) in [6.07, 6.45) is 0. The molecule has 0 saturated carbocycles. The Kier molecular flexibility index (Phi) is 4.64. The van der Waals surface area contributed by atoms with Crippen molar-refractivity contribution in [1.29, 1.82) is 0 Å². The van der Waals surface area contributed by atoms with Gasteiger partial charge in [0.25, 0.3) is 0 Å². The number of nitrogens with zero attached hydrogens (tertiary/aromatic N) is 2. The molecule has 1 N–H and O–H groups in total. The number of rotatable bonds is 5. The predicted octanol–water partition coefficient (Wildman–Crippen LogP) is 5.16. The summed E-state index contributed by atoms with van der Waals surface area (Å²) >= 11 is 2.98. The maximum atomic E-state index is 12.2. The van der Waals surface area contributed by atoms with Gasteiger partial charge in [-0.25, -0.2) is 14.8 Å². The number of benzene rings is 2. The summed E-state index contributed by atoms with van der Waals surface area (Å²) in [7, 11) is 0. The summed E-state index contributed by atoms with van der Waals surface area (Å²) < 4.78 is 6.35. The highest BCUT2D eigenvalue weighted by Crippen LogP contribution is 2.23. The van der Waals surface area contributed by atoms with E-state index >= 15 is 0 Å². The number of hydrogen-bond donors (Lipinski definition) is 1. The molecule has 0 aliphatic heterocycles. The molecular weight excluding hydrogens is 366 g/mol. The molecule has 0 amide bonds. The first kappa shape index (κ1) is 16.7. The fourth-order valence-electron chi connectivity index (χ4n) is 2.40. The van der Waals surface area contributed by atoms with Gasteiger partial charge in [0.1, 0.15) is 6.61 Å². The SMILES string of the molecule is Cc1ccc(Nc2nc(COC(=O)c3ccc4ncsc4c3)cs2)cc1. The molecule has 2 heterocycles. The molecule has 0 bridgehead atoms. The van der Waals surface area contributed by atoms with Crippen LogP contribution in [0.15, 0.2) is 53.4 Å². The molecule has 0 fully saturated rings. The predicted molar refractivity (Wildman–Crippen MR) is 105 cm³/mol. The Morgan fingerprint density at radius 1 is 1.15 bits per heavy atom. The van der Waals surface area contributed by atoms with Crippen LogP contribution in [0.4, 0.5) is 10.8 Å². The lowest BCUT2D eigenvalue weighted by Crippen LogP contribution is -2.05. The van der Waals surface area contributed by atoms with E-state index in [1.807, 2.05) is 42.6 Å². The largest absolute Gasteiger partial charge is 0.456 e. The molecule has 0 saturated heterocycles. The zero-order valence-electron chi connectivity index (χ0n) is 13.9. The van der Waals surface area contributed by atoms with Crippen LogP contribution in [0, 0.1) is 6.92 Å². The molecule has 7 heteroatoms. The standard InChI is InChI=1S/C19H15N3O2S2/c1-12-2-5-14(6-3-12)21-19-22-15(10-25-19)9-24-18(23)13-4-7-16-17(8-13)26-11-20-16/h2-8,10-11H,9H2,1H3,(H,21,22). The zero-order chi connectivity index (χ0) is 17.9. The molecule has 26 heavy (non-hydrogen) atoms. The van der Waals surface area contributed by atoms with Gasteiger partial charge in [-0.3, -0.25) is 0 Å². The van der Waals surface area contributed by atoms with Crippen LogP contribution in [0.3, 0.4) is 0 Å². The van der Waals surface area contributed by atoms with Gasteiger partial charge in [-0.2, -0.15) is 0 Å². The highest BCUT2D eigenvalue weighted by atomic mass is 32.1. The summed E-state index contributed by atoms with van der Waals surface area (Å²) in [5, 5.41) is 5.90. The van der Waals surface area contributed by atoms with Crippen LogP contribution < -0.4 is 5.32 Å². The Hall–Kier alpha value is -2.77. The van der Waals surface area contributed by atoms with E-state index in [2.05, 4.69) is 15.3 Å². The number of hydrogen-bond acceptors (Lipinski definition) is 7. The molecule has 0 atom stereocenters. The van der Waals surface area contributed by atoms with Crippen LogP contribution >= 0.6 is 22.7 Å². The number of carbonyl (C=O) groups is 1. The number of ether oxygens (including phenoxy) is 1. The van der Waals surface area contributed by atoms with Gasteiger partial charge in [0.2, 0.25) is 0 Å². The first-order chi connectivity index (χ1) is 12.7. The quantitative estimate of drug-likeness (QED) is 0.484. The number of aromatic nitrogens is 2. The van der Waals surface area contributed by atoms with Gasteiger partial charge in [-0.1, -0.05) is 17.7 Å². The maximum absolute atomic E-state index is 12.2. The van der Waals surface area contributed by atoms with E-state index in [-0.39, 0.29) is 12.6 Å². The lowest BCUT2D eigenvalue weighted by atomic mass is 10.2. The normalized spacial score (nSPS) is 10.8. The highest BCUT2D eigenvalue weighted by Gasteiger charge is 2.11. The van der Waals surface area contributed by atoms with Gasteiger partial charge in [0.15, 0.2) is 5.13 Å². The maximum Gasteiger partial charge on any atom is 0.338 e. The van der Waals surface area contributed by atoms with E-state index in [1.54, 1.807) is 17.6 Å². The number of thiazole rings is 2. The molecule has 0 radical (unpaired) electrons. The summed E-state index contributed by atoms with van der Waals surface area (Å²) in [6, 6.07) is 13.5. The molecule has 0 unspecified atom stereocenters. The Bertz CT molecular complexity index is 1050. The number of fused-ring (bicyclic) bond motifs is 1. The molecule has 5 nitrogen and oxygen atoms in total. The van der Waals surface area contributed by atoms with Gasteiger partial charge in [0.05, 0.1) is 27.0 Å². The molecule has 2 aromatic heterocycles. The van der Waals surface area contributed by atoms with Crippen molar-refractivity contribution in [2.24, 2.45) is 0 Å². The van der Waals surface area contributed by atoms with E-state index in [9.17, 15) is 4.79 Å². The van der Waals surface area contributed by atoms with Crippen LogP contribution in [0.2, 0.25) is 0 Å². The van der Waals surface area contributed by atoms with Crippen LogP contribution in [-0.2, 0) is 11.3 Å². The first-order valence-electron chi connectivity index (χ1n) is 7.96. The Labute approximate surface area is 158 Å². The molecule has 130 valence electrons. The van der Waals surface area contributed by atoms with E-state index in [0.29, 0.717) is 5.56 Å². The van der Waals surface area contributed by atoms with Crippen molar-refractivity contribution in [2.75, 3.05) is 5.32 Å². The second kappa shape index (κ2) is 7.23. The lowest BCUT2D eigenvalue weighted by molar-refractivity contribution is 0.0468. The second-order valence-electron chi connectivity index (χ2n) is 5.75. The Balaban J connectivity index is 1.37. The minimum Gasteiger partial charge on any atom is -0.456 e. The minimum atomic E-state index is -0.360. The monoisotopic (exact) mass is 381 g/mol. The molecular formula is C19H15N3O2S2. The van der Waals surface area contributed by atoms with Crippen molar-refractivity contribution >= 4 is 49.7 Å². The third-order valence-electron chi connectivity index (χ3n) is 3.77. The number of aryl methyl sites for hydroxylation is 1. The third-order valence-corrected chi connectivity index (χ3v) is 5.37. The van der Waals surface area contributed by atoms with Gasteiger partial charge < -0.3 is 10.1 Å². The molecule has 0 spiro atoms. The molecule has 0 aliphatic rings. The lowest BCUT2D eigenvalue weighted by Gasteiger charge is -2.04. The number of nitrogens with one attached hydrogen (secondary N) is 1. The first-order valence-corrected chi connectivity index (χ1v) is 9.72. The van der Waals surface area contributed by atoms with E-state index in [4.69, 9.17) is 4.74 Å². The van der Waals surface area contributed by atoms with Crippen LogP contribution in [-0.4, -0.2) is 15.9 Å². The van der Waals surface area contributed by atoms with Gasteiger partial charge >= 0.3 is 5.97 Å². The van der Waals surface area contributed by atoms with Crippen molar-refractivity contribution in [3.05, 3.63) is 70.2 Å². The van der Waals surface area contributed by atoms with Crippen LogP contribution in [0.5, 0.6) is 0 Å². The van der Waals surface area contributed by atoms with Crippen molar-refractivity contribution in [1.82, 2.24) is 9.97 Å². The summed E-state index contributed by atoms with van der Waals surface area (Å²) in [6.45, 7) is 2.19. The molecule has 2 aromatic carbocycles. The van der Waals surface area contributed by atoms with Crippen molar-refractivity contribution in [3.8, 4) is 0 Å². The minimum absolute atomic E-state index is 0.144. The van der Waals surface area contributed by atoms with Crippen LogP contribution in [0.1, 0.15) is 21.6 Å². The zero-order valence-corrected chi connectivity index (χ0v) is 15.6. The van der Waals surface area contributed by atoms with Gasteiger partial charge in [-0.15, -0.1) is 22.7 Å². The second-order valence-corrected chi connectivity index (χ2v) is 7.49. The summed E-state index contributed by atoms with van der Waals surface area (Å²) in [5.74, 6) is -0.360. The van der Waals surface area contributed by atoms with Crippen LogP contribution in [0.25, 0.3) is 10.2 Å². The number of carbonyl (C=O) groups excluding carboxylic acids is 1. The fourth-order valence-corrected chi connectivity index (χ4v) is 3.83.